The maximum absolute atomic E-state index is 5.71. The third-order valence-electron chi connectivity index (χ3n) is 4.82. The monoisotopic (exact) mass is 382 g/mol. The van der Waals surface area contributed by atoms with E-state index < -0.39 is 0 Å². The van der Waals surface area contributed by atoms with Gasteiger partial charge in [0.1, 0.15) is 22.9 Å². The summed E-state index contributed by atoms with van der Waals surface area (Å²) in [5.74, 6) is 1.54. The second-order valence-electron chi connectivity index (χ2n) is 7.29. The van der Waals surface area contributed by atoms with E-state index in [1.807, 2.05) is 22.7 Å². The molecule has 148 valence electrons. The second-order valence-corrected chi connectivity index (χ2v) is 7.29. The molecule has 2 atom stereocenters. The number of nitrogens with zero attached hydrogens (tertiary/aromatic N) is 4. The Bertz CT molecular complexity index is 941. The van der Waals surface area contributed by atoms with Crippen molar-refractivity contribution in [3.8, 4) is 17.1 Å². The number of anilines is 1. The van der Waals surface area contributed by atoms with Crippen molar-refractivity contribution in [2.45, 2.75) is 38.5 Å². The number of fused-ring (bicyclic) bond motifs is 1. The van der Waals surface area contributed by atoms with Gasteiger partial charge in [0.2, 0.25) is 0 Å². The molecule has 8 nitrogen and oxygen atoms in total. The molecule has 0 bridgehead atoms. The van der Waals surface area contributed by atoms with E-state index >= 15 is 0 Å². The Hall–Kier alpha value is -2.71. The van der Waals surface area contributed by atoms with Crippen molar-refractivity contribution in [2.24, 2.45) is 0 Å². The number of hydrogen-bond donors (Lipinski definition) is 2. The van der Waals surface area contributed by atoms with Gasteiger partial charge < -0.3 is 20.1 Å². The van der Waals surface area contributed by atoms with Crippen LogP contribution in [-0.4, -0.2) is 57.8 Å². The second kappa shape index (κ2) is 8.12. The maximum atomic E-state index is 5.71. The number of pyridine rings is 1. The molecule has 4 heterocycles. The Labute approximate surface area is 164 Å². The minimum atomic E-state index is 0.252. The minimum Gasteiger partial charge on any atom is -0.497 e. The van der Waals surface area contributed by atoms with Crippen molar-refractivity contribution in [1.29, 1.82) is 0 Å². The SMILES string of the molecule is COc1ccn2c(-c3cncc(NC4CNC(COC(C)C)C4)n3)cnc2c1. The van der Waals surface area contributed by atoms with Crippen LogP contribution >= 0.6 is 0 Å². The van der Waals surface area contributed by atoms with Crippen LogP contribution in [-0.2, 0) is 4.74 Å². The van der Waals surface area contributed by atoms with Gasteiger partial charge in [-0.1, -0.05) is 0 Å². The number of ether oxygens (including phenoxy) is 2. The zero-order chi connectivity index (χ0) is 19.5. The lowest BCUT2D eigenvalue weighted by atomic mass is 10.2. The molecule has 2 N–H and O–H groups in total. The molecule has 1 fully saturated rings. The summed E-state index contributed by atoms with van der Waals surface area (Å²) in [6.45, 7) is 5.73. The molecule has 3 aromatic heterocycles. The average molecular weight is 382 g/mol. The number of nitrogens with one attached hydrogen (secondary N) is 2. The van der Waals surface area contributed by atoms with Crippen molar-refractivity contribution in [3.63, 3.8) is 0 Å². The van der Waals surface area contributed by atoms with E-state index in [4.69, 9.17) is 14.5 Å². The normalized spacial score (nSPS) is 19.4. The summed E-state index contributed by atoms with van der Waals surface area (Å²) >= 11 is 0. The molecular weight excluding hydrogens is 356 g/mol. The summed E-state index contributed by atoms with van der Waals surface area (Å²) in [4.78, 5) is 13.6. The number of hydrogen-bond acceptors (Lipinski definition) is 7. The van der Waals surface area contributed by atoms with Crippen LogP contribution < -0.4 is 15.4 Å². The van der Waals surface area contributed by atoms with Gasteiger partial charge in [0.15, 0.2) is 0 Å². The Morgan fingerprint density at radius 2 is 2.21 bits per heavy atom. The van der Waals surface area contributed by atoms with E-state index in [0.717, 1.165) is 48.2 Å². The quantitative estimate of drug-likeness (QED) is 0.649. The van der Waals surface area contributed by atoms with E-state index in [0.29, 0.717) is 12.1 Å². The van der Waals surface area contributed by atoms with Gasteiger partial charge in [-0.3, -0.25) is 9.38 Å². The zero-order valence-electron chi connectivity index (χ0n) is 16.4. The summed E-state index contributed by atoms with van der Waals surface area (Å²) in [7, 11) is 1.65. The summed E-state index contributed by atoms with van der Waals surface area (Å²) in [6, 6.07) is 4.46. The van der Waals surface area contributed by atoms with Crippen LogP contribution in [0.1, 0.15) is 20.3 Å². The first-order valence-electron chi connectivity index (χ1n) is 9.57. The first-order chi connectivity index (χ1) is 13.6. The van der Waals surface area contributed by atoms with E-state index in [9.17, 15) is 0 Å². The van der Waals surface area contributed by atoms with Crippen molar-refractivity contribution in [3.05, 3.63) is 36.9 Å². The first-order valence-corrected chi connectivity index (χ1v) is 9.57. The molecule has 3 aromatic rings. The summed E-state index contributed by atoms with van der Waals surface area (Å²) in [6.07, 6.45) is 8.49. The number of methoxy groups -OCH3 is 1. The molecular formula is C20H26N6O2. The summed E-state index contributed by atoms with van der Waals surface area (Å²) < 4.78 is 13.0. The predicted octanol–water partition coefficient (Wildman–Crippen LogP) is 2.37. The molecule has 4 rings (SSSR count). The molecule has 1 aliphatic heterocycles. The van der Waals surface area contributed by atoms with Gasteiger partial charge in [-0.15, -0.1) is 0 Å². The molecule has 28 heavy (non-hydrogen) atoms. The number of rotatable bonds is 7. The van der Waals surface area contributed by atoms with Crippen LogP contribution in [0.25, 0.3) is 17.0 Å². The van der Waals surface area contributed by atoms with Crippen LogP contribution in [0, 0.1) is 0 Å². The van der Waals surface area contributed by atoms with Crippen LogP contribution in [0.5, 0.6) is 5.75 Å². The van der Waals surface area contributed by atoms with E-state index in [1.165, 1.54) is 0 Å². The smallest absolute Gasteiger partial charge is 0.145 e. The molecule has 8 heteroatoms. The predicted molar refractivity (Wildman–Crippen MR) is 108 cm³/mol. The van der Waals surface area contributed by atoms with E-state index in [-0.39, 0.29) is 6.10 Å². The highest BCUT2D eigenvalue weighted by molar-refractivity contribution is 5.61. The van der Waals surface area contributed by atoms with Crippen LogP contribution in [0.4, 0.5) is 5.82 Å². The lowest BCUT2D eigenvalue weighted by Crippen LogP contribution is -2.28. The van der Waals surface area contributed by atoms with E-state index in [2.05, 4.69) is 34.4 Å². The third-order valence-corrected chi connectivity index (χ3v) is 4.82. The number of aromatic nitrogens is 4. The Kier molecular flexibility index (Phi) is 5.40. The topological polar surface area (TPSA) is 85.6 Å². The highest BCUT2D eigenvalue weighted by Crippen LogP contribution is 2.23. The van der Waals surface area contributed by atoms with Crippen molar-refractivity contribution < 1.29 is 9.47 Å². The molecule has 1 saturated heterocycles. The maximum Gasteiger partial charge on any atom is 0.145 e. The van der Waals surface area contributed by atoms with Gasteiger partial charge in [0.05, 0.1) is 44.1 Å². The standard InChI is InChI=1S/C20H26N6O2/c1-13(2)28-12-15-6-14(8-22-15)24-19-11-21-9-17(25-19)18-10-23-20-7-16(27-3)4-5-26(18)20/h4-5,7,9-11,13-15,22H,6,8,12H2,1-3H3,(H,24,25). The van der Waals surface area contributed by atoms with Crippen molar-refractivity contribution in [2.75, 3.05) is 25.6 Å². The Balaban J connectivity index is 1.47. The fraction of sp³-hybridized carbons (Fsp3) is 0.450. The number of imidazole rings is 1. The van der Waals surface area contributed by atoms with Crippen molar-refractivity contribution >= 4 is 11.5 Å². The third kappa shape index (κ3) is 4.07. The van der Waals surface area contributed by atoms with Gasteiger partial charge in [0, 0.05) is 30.9 Å². The Morgan fingerprint density at radius 3 is 3.04 bits per heavy atom. The lowest BCUT2D eigenvalue weighted by molar-refractivity contribution is 0.0648. The lowest BCUT2D eigenvalue weighted by Gasteiger charge is -2.14. The fourth-order valence-electron chi connectivity index (χ4n) is 3.41. The van der Waals surface area contributed by atoms with Gasteiger partial charge in [-0.05, 0) is 26.3 Å². The summed E-state index contributed by atoms with van der Waals surface area (Å²) in [5.41, 5.74) is 2.47. The highest BCUT2D eigenvalue weighted by atomic mass is 16.5. The molecule has 2 unspecified atom stereocenters. The van der Waals surface area contributed by atoms with Gasteiger partial charge in [-0.25, -0.2) is 9.97 Å². The van der Waals surface area contributed by atoms with Gasteiger partial charge in [-0.2, -0.15) is 0 Å². The Morgan fingerprint density at radius 1 is 1.32 bits per heavy atom. The minimum absolute atomic E-state index is 0.252. The molecule has 0 aromatic carbocycles. The average Bonchev–Trinajstić information content (AvgIpc) is 3.32. The molecule has 0 radical (unpaired) electrons. The van der Waals surface area contributed by atoms with E-state index in [1.54, 1.807) is 25.7 Å². The summed E-state index contributed by atoms with van der Waals surface area (Å²) in [5, 5.41) is 6.98. The van der Waals surface area contributed by atoms with Gasteiger partial charge in [0.25, 0.3) is 0 Å². The zero-order valence-corrected chi connectivity index (χ0v) is 16.4. The van der Waals surface area contributed by atoms with Crippen molar-refractivity contribution in [1.82, 2.24) is 24.7 Å². The highest BCUT2D eigenvalue weighted by Gasteiger charge is 2.24. The molecule has 1 aliphatic rings. The molecule has 0 spiro atoms. The first kappa shape index (κ1) is 18.6. The largest absolute Gasteiger partial charge is 0.497 e. The van der Waals surface area contributed by atoms with Crippen LogP contribution in [0.15, 0.2) is 36.9 Å². The molecule has 0 amide bonds. The molecule has 0 saturated carbocycles. The van der Waals surface area contributed by atoms with Crippen LogP contribution in [0.2, 0.25) is 0 Å². The van der Waals surface area contributed by atoms with Crippen LogP contribution in [0.3, 0.4) is 0 Å². The van der Waals surface area contributed by atoms with Gasteiger partial charge >= 0.3 is 0 Å². The molecule has 0 aliphatic carbocycles. The fourth-order valence-corrected chi connectivity index (χ4v) is 3.41.